The molecule has 7 nitrogen and oxygen atoms in total. The van der Waals surface area contributed by atoms with Gasteiger partial charge < -0.3 is 23.5 Å². The fourth-order valence-electron chi connectivity index (χ4n) is 4.36. The first kappa shape index (κ1) is 22.6. The van der Waals surface area contributed by atoms with Crippen LogP contribution in [0.15, 0.2) is 30.3 Å². The van der Waals surface area contributed by atoms with Crippen molar-refractivity contribution < 1.29 is 28.5 Å². The Morgan fingerprint density at radius 3 is 2.47 bits per heavy atom. The van der Waals surface area contributed by atoms with E-state index in [-0.39, 0.29) is 24.6 Å². The van der Waals surface area contributed by atoms with E-state index in [1.807, 2.05) is 19.9 Å². The van der Waals surface area contributed by atoms with Gasteiger partial charge in [-0.25, -0.2) is 4.79 Å². The average Bonchev–Trinajstić information content (AvgIpc) is 3.56. The largest absolute Gasteiger partial charge is 0.490 e. The number of Topliss-reactive ketones (excluding diaryl/α,β-unsaturated/α-hetero) is 1. The fourth-order valence-corrected chi connectivity index (χ4v) is 4.36. The summed E-state index contributed by atoms with van der Waals surface area (Å²) in [7, 11) is 0. The highest BCUT2D eigenvalue weighted by Gasteiger charge is 2.23. The van der Waals surface area contributed by atoms with Gasteiger partial charge in [0.2, 0.25) is 5.78 Å². The molecule has 0 N–H and O–H groups in total. The third kappa shape index (κ3) is 5.22. The van der Waals surface area contributed by atoms with Crippen LogP contribution in [-0.2, 0) is 20.8 Å². The van der Waals surface area contributed by atoms with Gasteiger partial charge in [-0.3, -0.25) is 4.79 Å². The van der Waals surface area contributed by atoms with Crippen molar-refractivity contribution in [3.05, 3.63) is 52.8 Å². The van der Waals surface area contributed by atoms with E-state index < -0.39 is 5.97 Å². The summed E-state index contributed by atoms with van der Waals surface area (Å²) in [6.45, 7) is 6.25. The van der Waals surface area contributed by atoms with Crippen molar-refractivity contribution in [3.63, 3.8) is 0 Å². The van der Waals surface area contributed by atoms with E-state index in [1.54, 1.807) is 24.3 Å². The van der Waals surface area contributed by atoms with Crippen molar-refractivity contribution in [2.75, 3.05) is 26.4 Å². The van der Waals surface area contributed by atoms with Crippen LogP contribution in [0.25, 0.3) is 0 Å². The second-order valence-corrected chi connectivity index (χ2v) is 8.47. The third-order valence-electron chi connectivity index (χ3n) is 6.17. The zero-order valence-corrected chi connectivity index (χ0v) is 18.8. The van der Waals surface area contributed by atoms with Gasteiger partial charge >= 0.3 is 5.97 Å². The first-order chi connectivity index (χ1) is 15.5. The van der Waals surface area contributed by atoms with Crippen LogP contribution in [0.3, 0.4) is 0 Å². The SMILES string of the molecule is Cc1cc(C(=O)COC(=O)c2ccccc2OCC2CCCO2)c(C)n1CC1CCCO1. The molecule has 1 aromatic carbocycles. The summed E-state index contributed by atoms with van der Waals surface area (Å²) in [4.78, 5) is 25.5. The maximum absolute atomic E-state index is 12.8. The second-order valence-electron chi connectivity index (χ2n) is 8.47. The van der Waals surface area contributed by atoms with Crippen molar-refractivity contribution in [1.29, 1.82) is 0 Å². The van der Waals surface area contributed by atoms with Gasteiger partial charge in [0.15, 0.2) is 6.61 Å². The summed E-state index contributed by atoms with van der Waals surface area (Å²) in [6.07, 6.45) is 4.31. The number of carbonyl (C=O) groups excluding carboxylic acids is 2. The predicted molar refractivity (Wildman–Crippen MR) is 118 cm³/mol. The molecular weight excluding hydrogens is 410 g/mol. The van der Waals surface area contributed by atoms with Gasteiger partial charge in [0.05, 0.1) is 12.2 Å². The monoisotopic (exact) mass is 441 g/mol. The van der Waals surface area contributed by atoms with E-state index in [1.165, 1.54) is 0 Å². The maximum atomic E-state index is 12.8. The molecule has 2 aromatic rings. The summed E-state index contributed by atoms with van der Waals surface area (Å²) < 4.78 is 24.6. The molecule has 7 heteroatoms. The lowest BCUT2D eigenvalue weighted by Gasteiger charge is -2.15. The number of ether oxygens (including phenoxy) is 4. The molecule has 172 valence electrons. The maximum Gasteiger partial charge on any atom is 0.342 e. The van der Waals surface area contributed by atoms with E-state index >= 15 is 0 Å². The van der Waals surface area contributed by atoms with Gasteiger partial charge in [-0.15, -0.1) is 0 Å². The first-order valence-electron chi connectivity index (χ1n) is 11.3. The standard InChI is InChI=1S/C25H31NO6/c1-17-13-22(18(2)26(17)14-19-7-5-11-29-19)23(27)16-32-25(28)21-9-3-4-10-24(21)31-15-20-8-6-12-30-20/h3-4,9-10,13,19-20H,5-8,11-12,14-16H2,1-2H3. The number of hydrogen-bond acceptors (Lipinski definition) is 6. The number of hydrogen-bond donors (Lipinski definition) is 0. The topological polar surface area (TPSA) is 76.0 Å². The van der Waals surface area contributed by atoms with Crippen LogP contribution in [-0.4, -0.2) is 55.0 Å². The molecule has 0 spiro atoms. The number of rotatable bonds is 9. The molecule has 2 atom stereocenters. The van der Waals surface area contributed by atoms with Crippen LogP contribution in [0, 0.1) is 13.8 Å². The van der Waals surface area contributed by atoms with Crippen LogP contribution in [0.1, 0.15) is 57.8 Å². The quantitative estimate of drug-likeness (QED) is 0.434. The number of aryl methyl sites for hydroxylation is 1. The highest BCUT2D eigenvalue weighted by molar-refractivity contribution is 6.01. The minimum Gasteiger partial charge on any atom is -0.490 e. The summed E-state index contributed by atoms with van der Waals surface area (Å²) >= 11 is 0. The molecule has 1 aromatic heterocycles. The molecule has 2 fully saturated rings. The summed E-state index contributed by atoms with van der Waals surface area (Å²) in [5, 5.41) is 0. The highest BCUT2D eigenvalue weighted by Crippen LogP contribution is 2.23. The van der Waals surface area contributed by atoms with Crippen LogP contribution in [0.2, 0.25) is 0 Å². The molecule has 0 amide bonds. The van der Waals surface area contributed by atoms with E-state index in [0.717, 1.165) is 56.8 Å². The Hall–Kier alpha value is -2.64. The molecular formula is C25H31NO6. The van der Waals surface area contributed by atoms with E-state index in [0.29, 0.717) is 23.5 Å². The van der Waals surface area contributed by atoms with Gasteiger partial charge in [0.25, 0.3) is 0 Å². The van der Waals surface area contributed by atoms with Gasteiger partial charge in [-0.05, 0) is 57.7 Å². The number of aromatic nitrogens is 1. The number of nitrogens with zero attached hydrogens (tertiary/aromatic N) is 1. The lowest BCUT2D eigenvalue weighted by molar-refractivity contribution is 0.0459. The second kappa shape index (κ2) is 10.3. The van der Waals surface area contributed by atoms with Crippen molar-refractivity contribution in [2.24, 2.45) is 0 Å². The van der Waals surface area contributed by atoms with Crippen LogP contribution in [0.4, 0.5) is 0 Å². The molecule has 3 heterocycles. The molecule has 0 bridgehead atoms. The lowest BCUT2D eigenvalue weighted by atomic mass is 10.1. The van der Waals surface area contributed by atoms with Crippen molar-refractivity contribution in [1.82, 2.24) is 4.57 Å². The number of ketones is 1. The molecule has 2 unspecified atom stereocenters. The van der Waals surface area contributed by atoms with Crippen LogP contribution < -0.4 is 4.74 Å². The molecule has 0 aliphatic carbocycles. The van der Waals surface area contributed by atoms with Crippen LogP contribution >= 0.6 is 0 Å². The average molecular weight is 442 g/mol. The highest BCUT2D eigenvalue weighted by atomic mass is 16.5. The Kier molecular flexibility index (Phi) is 7.27. The number of carbonyl (C=O) groups is 2. The molecule has 4 rings (SSSR count). The van der Waals surface area contributed by atoms with E-state index in [4.69, 9.17) is 18.9 Å². The summed E-state index contributed by atoms with van der Waals surface area (Å²) in [5.74, 6) is -0.354. The van der Waals surface area contributed by atoms with Gasteiger partial charge in [-0.2, -0.15) is 0 Å². The molecule has 2 aliphatic heterocycles. The zero-order chi connectivity index (χ0) is 22.5. The Morgan fingerprint density at radius 1 is 1.03 bits per heavy atom. The third-order valence-corrected chi connectivity index (χ3v) is 6.17. The Bertz CT molecular complexity index is 953. The predicted octanol–water partition coefficient (Wildman–Crippen LogP) is 3.88. The van der Waals surface area contributed by atoms with Crippen LogP contribution in [0.5, 0.6) is 5.75 Å². The fraction of sp³-hybridized carbons (Fsp3) is 0.520. The van der Waals surface area contributed by atoms with Gasteiger partial charge in [-0.1, -0.05) is 12.1 Å². The number of benzene rings is 1. The van der Waals surface area contributed by atoms with Gasteiger partial charge in [0.1, 0.15) is 17.9 Å². The van der Waals surface area contributed by atoms with Crippen molar-refractivity contribution in [3.8, 4) is 5.75 Å². The zero-order valence-electron chi connectivity index (χ0n) is 18.8. The molecule has 2 saturated heterocycles. The van der Waals surface area contributed by atoms with Crippen molar-refractivity contribution in [2.45, 2.75) is 58.3 Å². The molecule has 0 radical (unpaired) electrons. The first-order valence-corrected chi connectivity index (χ1v) is 11.3. The van der Waals surface area contributed by atoms with Gasteiger partial charge in [0, 0.05) is 36.7 Å². The minimum absolute atomic E-state index is 0.0468. The molecule has 0 saturated carbocycles. The Labute approximate surface area is 188 Å². The number of para-hydroxylation sites is 1. The summed E-state index contributed by atoms with van der Waals surface area (Å²) in [6, 6.07) is 8.78. The smallest absolute Gasteiger partial charge is 0.342 e. The van der Waals surface area contributed by atoms with Crippen molar-refractivity contribution >= 4 is 11.8 Å². The van der Waals surface area contributed by atoms with E-state index in [9.17, 15) is 9.59 Å². The Balaban J connectivity index is 1.36. The molecule has 32 heavy (non-hydrogen) atoms. The minimum atomic E-state index is -0.575. The number of esters is 1. The molecule has 2 aliphatic rings. The summed E-state index contributed by atoms with van der Waals surface area (Å²) in [5.41, 5.74) is 2.76. The normalized spacial score (nSPS) is 20.4. The lowest BCUT2D eigenvalue weighted by Crippen LogP contribution is -2.19. The Morgan fingerprint density at radius 2 is 1.75 bits per heavy atom. The van der Waals surface area contributed by atoms with E-state index in [2.05, 4.69) is 4.57 Å².